The van der Waals surface area contributed by atoms with Crippen molar-refractivity contribution in [1.29, 1.82) is 0 Å². The second-order valence-corrected chi connectivity index (χ2v) is 5.08. The van der Waals surface area contributed by atoms with Crippen molar-refractivity contribution in [3.8, 4) is 0 Å². The van der Waals surface area contributed by atoms with Crippen LogP contribution < -0.4 is 10.6 Å². The first-order valence-corrected chi connectivity index (χ1v) is 6.26. The Bertz CT molecular complexity index is 393. The van der Waals surface area contributed by atoms with E-state index in [-0.39, 0.29) is 0 Å². The Morgan fingerprint density at radius 2 is 2.20 bits per heavy atom. The van der Waals surface area contributed by atoms with Crippen molar-refractivity contribution in [3.63, 3.8) is 0 Å². The predicted octanol–water partition coefficient (Wildman–Crippen LogP) is 3.55. The van der Waals surface area contributed by atoms with E-state index in [4.69, 9.17) is 23.8 Å². The molecule has 0 unspecified atom stereocenters. The van der Waals surface area contributed by atoms with Gasteiger partial charge in [0.2, 0.25) is 0 Å². The van der Waals surface area contributed by atoms with Crippen LogP contribution in [0.2, 0.25) is 5.02 Å². The van der Waals surface area contributed by atoms with Gasteiger partial charge in [0.25, 0.3) is 0 Å². The Labute approximate surface area is 108 Å². The number of hydrogen-bond donors (Lipinski definition) is 2. The fourth-order valence-electron chi connectivity index (χ4n) is 1.17. The van der Waals surface area contributed by atoms with Crippen LogP contribution in [0.3, 0.4) is 0 Å². The SMILES string of the molecule is S=C(Nc1cccc(Cl)c1Br)NC1CC1. The topological polar surface area (TPSA) is 24.1 Å². The summed E-state index contributed by atoms with van der Waals surface area (Å²) in [6, 6.07) is 6.20. The minimum atomic E-state index is 0.558. The van der Waals surface area contributed by atoms with Gasteiger partial charge in [-0.25, -0.2) is 0 Å². The number of benzene rings is 1. The highest BCUT2D eigenvalue weighted by Crippen LogP contribution is 2.30. The van der Waals surface area contributed by atoms with Crippen molar-refractivity contribution in [2.24, 2.45) is 0 Å². The van der Waals surface area contributed by atoms with E-state index in [1.165, 1.54) is 12.8 Å². The minimum Gasteiger partial charge on any atom is -0.360 e. The van der Waals surface area contributed by atoms with Crippen LogP contribution in [-0.2, 0) is 0 Å². The lowest BCUT2D eigenvalue weighted by Gasteiger charge is -2.11. The Morgan fingerprint density at radius 3 is 2.87 bits per heavy atom. The highest BCUT2D eigenvalue weighted by Gasteiger charge is 2.21. The highest BCUT2D eigenvalue weighted by atomic mass is 79.9. The van der Waals surface area contributed by atoms with Gasteiger partial charge in [-0.15, -0.1) is 0 Å². The molecule has 1 aliphatic carbocycles. The van der Waals surface area contributed by atoms with E-state index in [2.05, 4.69) is 26.6 Å². The molecule has 80 valence electrons. The molecule has 0 spiro atoms. The summed E-state index contributed by atoms with van der Waals surface area (Å²) in [6.45, 7) is 0. The molecule has 0 atom stereocenters. The summed E-state index contributed by atoms with van der Waals surface area (Å²) in [5, 5.41) is 7.65. The normalized spacial score (nSPS) is 14.8. The van der Waals surface area contributed by atoms with Gasteiger partial charge >= 0.3 is 0 Å². The van der Waals surface area contributed by atoms with Gasteiger partial charge in [-0.3, -0.25) is 0 Å². The summed E-state index contributed by atoms with van der Waals surface area (Å²) >= 11 is 14.5. The molecule has 1 saturated carbocycles. The summed E-state index contributed by atoms with van der Waals surface area (Å²) in [5.41, 5.74) is 0.889. The maximum Gasteiger partial charge on any atom is 0.171 e. The molecule has 0 heterocycles. The van der Waals surface area contributed by atoms with Crippen LogP contribution in [0, 0.1) is 0 Å². The van der Waals surface area contributed by atoms with E-state index in [9.17, 15) is 0 Å². The van der Waals surface area contributed by atoms with Gasteiger partial charge in [-0.1, -0.05) is 17.7 Å². The van der Waals surface area contributed by atoms with Gasteiger partial charge in [0, 0.05) is 6.04 Å². The molecular weight excluding hydrogens is 296 g/mol. The van der Waals surface area contributed by atoms with Crippen LogP contribution in [0.4, 0.5) is 5.69 Å². The Kier molecular flexibility index (Phi) is 3.49. The summed E-state index contributed by atoms with van der Waals surface area (Å²) in [4.78, 5) is 0. The summed E-state index contributed by atoms with van der Waals surface area (Å²) < 4.78 is 0.839. The van der Waals surface area contributed by atoms with Crippen LogP contribution in [0.25, 0.3) is 0 Å². The molecule has 1 fully saturated rings. The lowest BCUT2D eigenvalue weighted by molar-refractivity contribution is 0.919. The van der Waals surface area contributed by atoms with E-state index in [0.29, 0.717) is 16.2 Å². The second-order valence-electron chi connectivity index (χ2n) is 3.47. The quantitative estimate of drug-likeness (QED) is 0.817. The Balaban J connectivity index is 2.02. The standard InChI is InChI=1S/C10H10BrClN2S/c11-9-7(12)2-1-3-8(9)14-10(15)13-6-4-5-6/h1-3,6H,4-5H2,(H2,13,14,15). The average Bonchev–Trinajstić information content (AvgIpc) is 2.97. The van der Waals surface area contributed by atoms with Crippen LogP contribution in [0.1, 0.15) is 12.8 Å². The molecule has 2 N–H and O–H groups in total. The van der Waals surface area contributed by atoms with Gasteiger partial charge in [0.05, 0.1) is 15.2 Å². The third-order valence-corrected chi connectivity index (χ3v) is 3.73. The monoisotopic (exact) mass is 304 g/mol. The number of anilines is 1. The maximum atomic E-state index is 5.96. The summed E-state index contributed by atoms with van der Waals surface area (Å²) in [5.74, 6) is 0. The predicted molar refractivity (Wildman–Crippen MR) is 71.5 cm³/mol. The molecule has 0 amide bonds. The number of rotatable bonds is 2. The molecule has 15 heavy (non-hydrogen) atoms. The fraction of sp³-hybridized carbons (Fsp3) is 0.300. The minimum absolute atomic E-state index is 0.558. The Morgan fingerprint density at radius 1 is 1.47 bits per heavy atom. The van der Waals surface area contributed by atoms with Gasteiger partial charge in [-0.05, 0) is 53.1 Å². The van der Waals surface area contributed by atoms with Crippen molar-refractivity contribution in [2.45, 2.75) is 18.9 Å². The van der Waals surface area contributed by atoms with Crippen LogP contribution in [0.15, 0.2) is 22.7 Å². The van der Waals surface area contributed by atoms with Crippen molar-refractivity contribution < 1.29 is 0 Å². The van der Waals surface area contributed by atoms with E-state index in [0.717, 1.165) is 10.2 Å². The van der Waals surface area contributed by atoms with Crippen LogP contribution in [0.5, 0.6) is 0 Å². The van der Waals surface area contributed by atoms with Crippen LogP contribution in [-0.4, -0.2) is 11.2 Å². The molecule has 1 aliphatic rings. The zero-order valence-corrected chi connectivity index (χ0v) is 11.0. The molecule has 2 rings (SSSR count). The third-order valence-electron chi connectivity index (χ3n) is 2.11. The number of nitrogens with one attached hydrogen (secondary N) is 2. The lowest BCUT2D eigenvalue weighted by atomic mass is 10.3. The zero-order valence-electron chi connectivity index (χ0n) is 7.89. The lowest BCUT2D eigenvalue weighted by Crippen LogP contribution is -2.30. The molecule has 0 saturated heterocycles. The van der Waals surface area contributed by atoms with Crippen molar-refractivity contribution >= 4 is 50.5 Å². The average molecular weight is 306 g/mol. The summed E-state index contributed by atoms with van der Waals surface area (Å²) in [7, 11) is 0. The van der Waals surface area contributed by atoms with Crippen molar-refractivity contribution in [1.82, 2.24) is 5.32 Å². The van der Waals surface area contributed by atoms with Crippen molar-refractivity contribution in [2.75, 3.05) is 5.32 Å². The molecule has 0 radical (unpaired) electrons. The highest BCUT2D eigenvalue weighted by molar-refractivity contribution is 9.10. The van der Waals surface area contributed by atoms with Gasteiger partial charge in [0.15, 0.2) is 5.11 Å². The van der Waals surface area contributed by atoms with E-state index in [1.807, 2.05) is 18.2 Å². The first kappa shape index (κ1) is 11.2. The maximum absolute atomic E-state index is 5.96. The van der Waals surface area contributed by atoms with E-state index < -0.39 is 0 Å². The molecular formula is C10H10BrClN2S. The molecule has 0 aromatic heterocycles. The molecule has 2 nitrogen and oxygen atoms in total. The smallest absolute Gasteiger partial charge is 0.171 e. The Hall–Kier alpha value is -0.320. The molecule has 0 bridgehead atoms. The van der Waals surface area contributed by atoms with E-state index >= 15 is 0 Å². The number of halogens is 2. The second kappa shape index (κ2) is 4.68. The van der Waals surface area contributed by atoms with E-state index in [1.54, 1.807) is 0 Å². The largest absolute Gasteiger partial charge is 0.360 e. The fourth-order valence-corrected chi connectivity index (χ4v) is 1.99. The third kappa shape index (κ3) is 3.06. The first-order chi connectivity index (χ1) is 7.16. The van der Waals surface area contributed by atoms with Gasteiger partial charge in [-0.2, -0.15) is 0 Å². The van der Waals surface area contributed by atoms with Crippen LogP contribution >= 0.6 is 39.7 Å². The molecule has 5 heteroatoms. The first-order valence-electron chi connectivity index (χ1n) is 4.68. The summed E-state index contributed by atoms with van der Waals surface area (Å²) in [6.07, 6.45) is 2.41. The van der Waals surface area contributed by atoms with Gasteiger partial charge in [0.1, 0.15) is 0 Å². The number of hydrogen-bond acceptors (Lipinski definition) is 1. The molecule has 1 aromatic rings. The van der Waals surface area contributed by atoms with Gasteiger partial charge < -0.3 is 10.6 Å². The number of thiocarbonyl (C=S) groups is 1. The zero-order chi connectivity index (χ0) is 10.8. The molecule has 0 aliphatic heterocycles. The van der Waals surface area contributed by atoms with Crippen molar-refractivity contribution in [3.05, 3.63) is 27.7 Å². The molecule has 1 aromatic carbocycles.